The molecule has 0 bridgehead atoms. The number of nitrogens with zero attached hydrogens (tertiary/aromatic N) is 1. The Kier molecular flexibility index (Phi) is 3.94. The molecule has 1 rings (SSSR count). The predicted molar refractivity (Wildman–Crippen MR) is 66.3 cm³/mol. The van der Waals surface area contributed by atoms with E-state index in [4.69, 9.17) is 4.74 Å². The summed E-state index contributed by atoms with van der Waals surface area (Å²) in [5, 5.41) is 11.7. The van der Waals surface area contributed by atoms with Gasteiger partial charge in [0.05, 0.1) is 14.1 Å². The average molecular weight is 223 g/mol. The molecule has 0 spiro atoms. The second-order valence-electron chi connectivity index (χ2n) is 4.82. The Morgan fingerprint density at radius 2 is 1.75 bits per heavy atom. The molecule has 90 valence electrons. The fraction of sp³-hybridized carbons (Fsp3) is 0.538. The summed E-state index contributed by atoms with van der Waals surface area (Å²) in [5.74, 6) is 0.905. The van der Waals surface area contributed by atoms with Gasteiger partial charge in [0.15, 0.2) is 0 Å². The molecule has 0 aliphatic carbocycles. The Morgan fingerprint density at radius 1 is 1.25 bits per heavy atom. The number of hydroxylamine groups is 3. The molecule has 0 heterocycles. The highest BCUT2D eigenvalue weighted by atomic mass is 16.6. The first kappa shape index (κ1) is 13.0. The Bertz CT molecular complexity index is 335. The topological polar surface area (TPSA) is 32.3 Å². The van der Waals surface area contributed by atoms with Crippen molar-refractivity contribution in [3.8, 4) is 5.75 Å². The number of hydrogen-bond donors (Lipinski definition) is 0. The van der Waals surface area contributed by atoms with Crippen LogP contribution in [0.25, 0.3) is 0 Å². The Hall–Kier alpha value is -1.06. The van der Waals surface area contributed by atoms with Gasteiger partial charge in [0, 0.05) is 0 Å². The van der Waals surface area contributed by atoms with E-state index in [-0.39, 0.29) is 10.7 Å². The minimum atomic E-state index is -0.328. The zero-order chi connectivity index (χ0) is 12.3. The Morgan fingerprint density at radius 3 is 2.19 bits per heavy atom. The second kappa shape index (κ2) is 4.85. The summed E-state index contributed by atoms with van der Waals surface area (Å²) in [7, 11) is 3.28. The highest BCUT2D eigenvalue weighted by Crippen LogP contribution is 2.22. The van der Waals surface area contributed by atoms with E-state index in [2.05, 4.69) is 0 Å². The molecule has 0 saturated heterocycles. The third-order valence-electron chi connectivity index (χ3n) is 2.94. The van der Waals surface area contributed by atoms with Crippen molar-refractivity contribution in [2.45, 2.75) is 26.8 Å². The van der Waals surface area contributed by atoms with Crippen molar-refractivity contribution in [3.63, 3.8) is 0 Å². The number of rotatable bonds is 4. The van der Waals surface area contributed by atoms with Gasteiger partial charge in [0.2, 0.25) is 0 Å². The first-order chi connectivity index (χ1) is 7.32. The monoisotopic (exact) mass is 223 g/mol. The number of quaternary nitrogens is 1. The molecule has 1 atom stereocenters. The average Bonchev–Trinajstić information content (AvgIpc) is 2.15. The van der Waals surface area contributed by atoms with Crippen molar-refractivity contribution < 1.29 is 9.38 Å². The van der Waals surface area contributed by atoms with E-state index in [1.807, 2.05) is 39.0 Å². The lowest BCUT2D eigenvalue weighted by Crippen LogP contribution is -2.44. The third kappa shape index (κ3) is 3.22. The summed E-state index contributed by atoms with van der Waals surface area (Å²) in [6, 6.07) is 5.97. The molecule has 0 aromatic heterocycles. The van der Waals surface area contributed by atoms with Crippen molar-refractivity contribution in [2.75, 3.05) is 20.7 Å². The Labute approximate surface area is 97.8 Å². The fourth-order valence-electron chi connectivity index (χ4n) is 1.41. The normalized spacial score (nSPS) is 13.6. The summed E-state index contributed by atoms with van der Waals surface area (Å²) < 4.78 is 5.41. The smallest absolute Gasteiger partial charge is 0.140 e. The standard InChI is InChI=1S/C13H21NO2/c1-10-7-6-8-11(2)13(10)16-9-12(3)14(4,5)15/h6-8,12H,9H2,1-5H3. The van der Waals surface area contributed by atoms with Crippen molar-refractivity contribution in [3.05, 3.63) is 34.5 Å². The summed E-state index contributed by atoms with van der Waals surface area (Å²) in [6.45, 7) is 6.39. The van der Waals surface area contributed by atoms with Crippen LogP contribution in [0.4, 0.5) is 0 Å². The minimum Gasteiger partial charge on any atom is -0.633 e. The highest BCUT2D eigenvalue weighted by molar-refractivity contribution is 5.39. The number of hydrogen-bond acceptors (Lipinski definition) is 2. The lowest BCUT2D eigenvalue weighted by Gasteiger charge is -2.39. The first-order valence-electron chi connectivity index (χ1n) is 5.56. The van der Waals surface area contributed by atoms with Gasteiger partial charge >= 0.3 is 0 Å². The van der Waals surface area contributed by atoms with Crippen LogP contribution in [0.2, 0.25) is 0 Å². The number of para-hydroxylation sites is 1. The van der Waals surface area contributed by atoms with Crippen LogP contribution in [0.5, 0.6) is 5.75 Å². The van der Waals surface area contributed by atoms with E-state index >= 15 is 0 Å². The second-order valence-corrected chi connectivity index (χ2v) is 4.82. The molecular weight excluding hydrogens is 202 g/mol. The number of benzene rings is 1. The number of likely N-dealkylation sites (N-methyl/N-ethyl adjacent to an activating group) is 1. The van der Waals surface area contributed by atoms with Gasteiger partial charge in [-0.1, -0.05) is 18.2 Å². The number of ether oxygens (including phenoxy) is 1. The van der Waals surface area contributed by atoms with Gasteiger partial charge in [-0.15, -0.1) is 0 Å². The third-order valence-corrected chi connectivity index (χ3v) is 2.94. The summed E-state index contributed by atoms with van der Waals surface area (Å²) in [5.41, 5.74) is 2.23. The minimum absolute atomic E-state index is 0.0704. The van der Waals surface area contributed by atoms with Crippen LogP contribution in [0.15, 0.2) is 18.2 Å². The van der Waals surface area contributed by atoms with E-state index in [0.29, 0.717) is 6.61 Å². The molecule has 16 heavy (non-hydrogen) atoms. The van der Waals surface area contributed by atoms with Crippen LogP contribution in [-0.2, 0) is 0 Å². The maximum atomic E-state index is 11.7. The quantitative estimate of drug-likeness (QED) is 0.580. The van der Waals surface area contributed by atoms with Crippen LogP contribution in [0.1, 0.15) is 18.1 Å². The lowest BCUT2D eigenvalue weighted by atomic mass is 10.1. The molecule has 1 aromatic carbocycles. The zero-order valence-electron chi connectivity index (χ0n) is 10.8. The molecule has 0 fully saturated rings. The SMILES string of the molecule is Cc1cccc(C)c1OCC(C)[N+](C)(C)[O-]. The van der Waals surface area contributed by atoms with Gasteiger partial charge in [-0.2, -0.15) is 0 Å². The first-order valence-corrected chi connectivity index (χ1v) is 5.56. The fourth-order valence-corrected chi connectivity index (χ4v) is 1.41. The van der Waals surface area contributed by atoms with Crippen molar-refractivity contribution >= 4 is 0 Å². The molecule has 3 nitrogen and oxygen atoms in total. The van der Waals surface area contributed by atoms with E-state index in [1.165, 1.54) is 0 Å². The van der Waals surface area contributed by atoms with Crippen molar-refractivity contribution in [1.29, 1.82) is 0 Å². The van der Waals surface area contributed by atoms with Gasteiger partial charge in [-0.25, -0.2) is 0 Å². The highest BCUT2D eigenvalue weighted by Gasteiger charge is 2.16. The molecule has 0 N–H and O–H groups in total. The van der Waals surface area contributed by atoms with E-state index in [0.717, 1.165) is 16.9 Å². The van der Waals surface area contributed by atoms with Crippen molar-refractivity contribution in [2.24, 2.45) is 0 Å². The molecule has 1 aromatic rings. The van der Waals surface area contributed by atoms with Crippen LogP contribution >= 0.6 is 0 Å². The molecule has 0 aliphatic rings. The van der Waals surface area contributed by atoms with Gasteiger partial charge in [0.1, 0.15) is 18.4 Å². The van der Waals surface area contributed by atoms with Gasteiger partial charge < -0.3 is 14.6 Å². The molecule has 0 saturated carbocycles. The van der Waals surface area contributed by atoms with Crippen LogP contribution < -0.4 is 4.74 Å². The maximum absolute atomic E-state index is 11.7. The summed E-state index contributed by atoms with van der Waals surface area (Å²) >= 11 is 0. The molecule has 3 heteroatoms. The van der Waals surface area contributed by atoms with Gasteiger partial charge in [-0.05, 0) is 31.9 Å². The van der Waals surface area contributed by atoms with Crippen LogP contribution in [-0.4, -0.2) is 31.4 Å². The van der Waals surface area contributed by atoms with Gasteiger partial charge in [0.25, 0.3) is 0 Å². The number of aryl methyl sites for hydroxylation is 2. The predicted octanol–water partition coefficient (Wildman–Crippen LogP) is 2.64. The summed E-state index contributed by atoms with van der Waals surface area (Å²) in [4.78, 5) is 0. The van der Waals surface area contributed by atoms with Crippen molar-refractivity contribution in [1.82, 2.24) is 0 Å². The molecular formula is C13H21NO2. The van der Waals surface area contributed by atoms with Crippen LogP contribution in [0.3, 0.4) is 0 Å². The molecule has 1 unspecified atom stereocenters. The van der Waals surface area contributed by atoms with E-state index in [9.17, 15) is 5.21 Å². The molecule has 0 radical (unpaired) electrons. The Balaban J connectivity index is 2.69. The van der Waals surface area contributed by atoms with E-state index in [1.54, 1.807) is 14.1 Å². The maximum Gasteiger partial charge on any atom is 0.140 e. The zero-order valence-corrected chi connectivity index (χ0v) is 10.8. The lowest BCUT2D eigenvalue weighted by molar-refractivity contribution is -0.864. The van der Waals surface area contributed by atoms with Gasteiger partial charge in [-0.3, -0.25) is 0 Å². The molecule has 0 aliphatic heterocycles. The largest absolute Gasteiger partial charge is 0.633 e. The summed E-state index contributed by atoms with van der Waals surface area (Å²) in [6.07, 6.45) is 0. The van der Waals surface area contributed by atoms with E-state index < -0.39 is 0 Å². The van der Waals surface area contributed by atoms with Crippen LogP contribution in [0, 0.1) is 19.1 Å². The molecule has 0 amide bonds.